The first-order valence-electron chi connectivity index (χ1n) is 0.697. The van der Waals surface area contributed by atoms with Crippen LogP contribution in [-0.2, 0) is 0 Å². The molecule has 24 valence electrons. The van der Waals surface area contributed by atoms with Crippen molar-refractivity contribution in [1.82, 2.24) is 0 Å². The van der Waals surface area contributed by atoms with E-state index in [-0.39, 0.29) is 58.2 Å². The van der Waals surface area contributed by atoms with Crippen LogP contribution in [0.4, 0.5) is 0 Å². The van der Waals surface area contributed by atoms with E-state index in [0.717, 1.165) is 0 Å². The monoisotopic (exact) mass is 161 g/mol. The largest absolute Gasteiger partial charge is 1.00 e. The van der Waals surface area contributed by atoms with Crippen LogP contribution in [0.2, 0.25) is 0 Å². The minimum absolute atomic E-state index is 0. The van der Waals surface area contributed by atoms with Crippen LogP contribution in [-0.4, -0.2) is 5.17 Å². The summed E-state index contributed by atoms with van der Waals surface area (Å²) in [7, 11) is 0. The fourth-order valence-electron chi connectivity index (χ4n) is 0. The van der Waals surface area contributed by atoms with Crippen LogP contribution in [0.25, 0.3) is 0 Å². The summed E-state index contributed by atoms with van der Waals surface area (Å²) in [6.45, 7) is 0. The van der Waals surface area contributed by atoms with Gasteiger partial charge in [-0.15, -0.1) is 0 Å². The minimum Gasteiger partial charge on any atom is -0.852 e. The van der Waals surface area contributed by atoms with Gasteiger partial charge in [0.1, 0.15) is 0 Å². The first kappa shape index (κ1) is 9.71. The second kappa shape index (κ2) is 5.50. The Morgan fingerprint density at radius 2 is 1.80 bits per heavy atom. The van der Waals surface area contributed by atoms with E-state index in [1.165, 1.54) is 0 Å². The molecule has 0 amide bonds. The average molecular weight is 162 g/mol. The maximum absolute atomic E-state index is 9.04. The number of hydrogen-bond acceptors (Lipinski definition) is 2. The third-order valence-electron chi connectivity index (χ3n) is 0. The molecule has 0 fully saturated rings. The molecule has 0 atom stereocenters. The Labute approximate surface area is 84.5 Å². The van der Waals surface area contributed by atoms with Crippen LogP contribution in [0.3, 0.4) is 0 Å². The first-order valence-corrected chi connectivity index (χ1v) is 1.11. The van der Waals surface area contributed by atoms with Gasteiger partial charge < -0.3 is 10.8 Å². The van der Waals surface area contributed by atoms with Gasteiger partial charge in [-0.3, -0.25) is 0 Å². The summed E-state index contributed by atoms with van der Waals surface area (Å²) >= 11 is 3.76. The molecule has 0 heterocycles. The third kappa shape index (κ3) is 30.0. The number of nitrogens with two attached hydrogens (primary N) is 1. The molecule has 0 saturated heterocycles. The summed E-state index contributed by atoms with van der Waals surface area (Å²) in [6.07, 6.45) is 0. The van der Waals surface area contributed by atoms with Crippen molar-refractivity contribution in [3.05, 3.63) is 0 Å². The Bertz CT molecular complexity index is 34.6. The quantitative estimate of drug-likeness (QED) is 0.365. The van der Waals surface area contributed by atoms with Crippen molar-refractivity contribution in [3.8, 4) is 0 Å². The van der Waals surface area contributed by atoms with Crippen molar-refractivity contribution in [3.63, 3.8) is 0 Å². The Balaban J connectivity index is 0. The predicted molar refractivity (Wildman–Crippen MR) is 16.8 cm³/mol. The zero-order chi connectivity index (χ0) is 3.58. The molecule has 0 unspecified atom stereocenters. The van der Waals surface area contributed by atoms with Crippen molar-refractivity contribution in [2.75, 3.05) is 0 Å². The first-order chi connectivity index (χ1) is 1.73. The summed E-state index contributed by atoms with van der Waals surface area (Å²) in [5, 5.41) is 8.29. The molecule has 0 aliphatic carbocycles. The summed E-state index contributed by atoms with van der Waals surface area (Å²) in [4.78, 5) is 0. The SMILES string of the molecule is NC([O-])=S.[Rb+]. The van der Waals surface area contributed by atoms with E-state index in [9.17, 15) is 0 Å². The zero-order valence-corrected chi connectivity index (χ0v) is 8.63. The second-order valence-corrected chi connectivity index (χ2v) is 0.721. The van der Waals surface area contributed by atoms with Crippen molar-refractivity contribution in [2.45, 2.75) is 0 Å². The normalized spacial score (nSPS) is 4.80. The molecule has 0 aliphatic rings. The molecular weight excluding hydrogens is 160 g/mol. The molecule has 2 nitrogen and oxygen atoms in total. The van der Waals surface area contributed by atoms with Crippen molar-refractivity contribution < 1.29 is 63.3 Å². The Hall–Kier alpha value is 1.50. The van der Waals surface area contributed by atoms with Crippen molar-refractivity contribution in [2.24, 2.45) is 5.73 Å². The summed E-state index contributed by atoms with van der Waals surface area (Å²) in [5.74, 6) is 0. The molecule has 0 aromatic rings. The van der Waals surface area contributed by atoms with Gasteiger partial charge >= 0.3 is 58.2 Å². The molecule has 0 spiro atoms. The molecule has 0 aromatic carbocycles. The smallest absolute Gasteiger partial charge is 0.852 e. The standard InChI is InChI=1S/CH3NOS.Rb/c2-1(3)4;/h(H3,2,3,4);/q;+1/p-1. The van der Waals surface area contributed by atoms with E-state index in [2.05, 4.69) is 18.0 Å². The van der Waals surface area contributed by atoms with Gasteiger partial charge in [-0.2, -0.15) is 0 Å². The minimum atomic E-state index is -0.750. The summed E-state index contributed by atoms with van der Waals surface area (Å²) in [6, 6.07) is 0. The van der Waals surface area contributed by atoms with E-state index in [1.807, 2.05) is 0 Å². The molecule has 0 bridgehead atoms. The molecule has 4 heteroatoms. The van der Waals surface area contributed by atoms with Crippen LogP contribution in [0.15, 0.2) is 0 Å². The molecule has 0 aliphatic heterocycles. The van der Waals surface area contributed by atoms with Crippen LogP contribution >= 0.6 is 12.2 Å². The molecule has 0 rings (SSSR count). The van der Waals surface area contributed by atoms with Gasteiger partial charge in [-0.25, -0.2) is 0 Å². The van der Waals surface area contributed by atoms with Gasteiger partial charge in [0.15, 0.2) is 0 Å². The van der Waals surface area contributed by atoms with Gasteiger partial charge in [0.25, 0.3) is 0 Å². The molecule has 2 N–H and O–H groups in total. The van der Waals surface area contributed by atoms with E-state index in [4.69, 9.17) is 5.11 Å². The molecular formula is CH2NORbS. The van der Waals surface area contributed by atoms with E-state index in [0.29, 0.717) is 0 Å². The molecule has 0 radical (unpaired) electrons. The maximum atomic E-state index is 9.04. The van der Waals surface area contributed by atoms with E-state index < -0.39 is 5.17 Å². The van der Waals surface area contributed by atoms with Crippen LogP contribution in [0.5, 0.6) is 0 Å². The summed E-state index contributed by atoms with van der Waals surface area (Å²) in [5.41, 5.74) is 4.29. The number of hydrogen-bond donors (Lipinski definition) is 1. The van der Waals surface area contributed by atoms with Gasteiger partial charge in [0.05, 0.1) is 0 Å². The summed E-state index contributed by atoms with van der Waals surface area (Å²) < 4.78 is 0. The molecule has 0 aromatic heterocycles. The third-order valence-corrected chi connectivity index (χ3v) is 0. The van der Waals surface area contributed by atoms with Crippen molar-refractivity contribution in [1.29, 1.82) is 0 Å². The van der Waals surface area contributed by atoms with Gasteiger partial charge in [0, 0.05) is 5.17 Å². The average Bonchev–Trinajstić information content (AvgIpc) is 0.811. The van der Waals surface area contributed by atoms with E-state index in [1.54, 1.807) is 0 Å². The Morgan fingerprint density at radius 3 is 1.80 bits per heavy atom. The maximum Gasteiger partial charge on any atom is 1.00 e. The van der Waals surface area contributed by atoms with E-state index >= 15 is 0 Å². The van der Waals surface area contributed by atoms with Crippen LogP contribution in [0.1, 0.15) is 0 Å². The van der Waals surface area contributed by atoms with Crippen molar-refractivity contribution >= 4 is 17.4 Å². The zero-order valence-electron chi connectivity index (χ0n) is 2.89. The molecule has 0 saturated carbocycles. The fraction of sp³-hybridized carbons (Fsp3) is 0. The Morgan fingerprint density at radius 1 is 1.80 bits per heavy atom. The van der Waals surface area contributed by atoms with Gasteiger partial charge in [0.2, 0.25) is 0 Å². The van der Waals surface area contributed by atoms with Crippen LogP contribution < -0.4 is 69.0 Å². The fourth-order valence-corrected chi connectivity index (χ4v) is 0. The topological polar surface area (TPSA) is 49.1 Å². The van der Waals surface area contributed by atoms with Gasteiger partial charge in [-0.1, -0.05) is 12.2 Å². The predicted octanol–water partition coefficient (Wildman–Crippen LogP) is -4.41. The Kier molecular flexibility index (Phi) is 10.7. The van der Waals surface area contributed by atoms with Gasteiger partial charge in [-0.05, 0) is 0 Å². The number of thiocarbonyl (C=S) groups is 1. The number of rotatable bonds is 0. The second-order valence-electron chi connectivity index (χ2n) is 0.319. The van der Waals surface area contributed by atoms with Crippen LogP contribution in [0, 0.1) is 0 Å². The molecule has 5 heavy (non-hydrogen) atoms.